The molecular weight excluding hydrogens is 202 g/mol. The van der Waals surface area contributed by atoms with E-state index in [0.29, 0.717) is 10.5 Å². The number of hydrogen-bond acceptors (Lipinski definition) is 3. The molecule has 0 fully saturated rings. The van der Waals surface area contributed by atoms with E-state index in [1.54, 1.807) is 12.1 Å². The second-order valence-electron chi connectivity index (χ2n) is 3.06. The Balaban J connectivity index is 2.95. The second-order valence-corrected chi connectivity index (χ2v) is 5.22. The quantitative estimate of drug-likeness (QED) is 0.795. The summed E-state index contributed by atoms with van der Waals surface area (Å²) in [4.78, 5) is 10.8. The van der Waals surface area contributed by atoms with Gasteiger partial charge >= 0.3 is 5.97 Å². The Morgan fingerprint density at radius 2 is 1.93 bits per heavy atom. The first kappa shape index (κ1) is 10.7. The lowest BCUT2D eigenvalue weighted by molar-refractivity contribution is -0.136. The molecule has 2 N–H and O–H groups in total. The summed E-state index contributed by atoms with van der Waals surface area (Å²) >= 11 is 0. The predicted molar refractivity (Wildman–Crippen MR) is 52.8 cm³/mol. The third kappa shape index (κ3) is 2.85. The molecule has 4 nitrogen and oxygen atoms in total. The largest absolute Gasteiger partial charge is 0.481 e. The molecule has 5 heteroatoms. The molecule has 0 aromatic heterocycles. The molecule has 0 aliphatic rings. The first-order chi connectivity index (χ1) is 6.39. The van der Waals surface area contributed by atoms with Gasteiger partial charge in [-0.1, -0.05) is 12.1 Å². The minimum absolute atomic E-state index is 0.0524. The van der Waals surface area contributed by atoms with Gasteiger partial charge in [-0.15, -0.1) is 0 Å². The van der Waals surface area contributed by atoms with Crippen molar-refractivity contribution in [3.8, 4) is 0 Å². The van der Waals surface area contributed by atoms with Crippen LogP contribution in [0.5, 0.6) is 0 Å². The van der Waals surface area contributed by atoms with E-state index >= 15 is 0 Å². The molecule has 0 spiro atoms. The van der Waals surface area contributed by atoms with Crippen LogP contribution in [-0.2, 0) is 20.9 Å². The van der Waals surface area contributed by atoms with Crippen molar-refractivity contribution in [3.05, 3.63) is 29.8 Å². The van der Waals surface area contributed by atoms with E-state index in [-0.39, 0.29) is 6.42 Å². The summed E-state index contributed by atoms with van der Waals surface area (Å²) in [6.45, 7) is 0. The topological polar surface area (TPSA) is 78.2 Å². The Labute approximate surface area is 82.6 Å². The van der Waals surface area contributed by atoms with Crippen molar-refractivity contribution in [1.29, 1.82) is 4.78 Å². The fourth-order valence-corrected chi connectivity index (χ4v) is 1.70. The van der Waals surface area contributed by atoms with Crippen LogP contribution in [0.4, 0.5) is 0 Å². The Morgan fingerprint density at radius 3 is 2.29 bits per heavy atom. The summed E-state index contributed by atoms with van der Waals surface area (Å²) in [6, 6.07) is 6.24. The van der Waals surface area contributed by atoms with Gasteiger partial charge in [0, 0.05) is 11.2 Å². The van der Waals surface area contributed by atoms with Crippen LogP contribution in [0, 0.1) is 4.78 Å². The van der Waals surface area contributed by atoms with Crippen LogP contribution in [0.1, 0.15) is 5.56 Å². The molecule has 0 aliphatic heterocycles. The Bertz CT molecular complexity index is 434. The van der Waals surface area contributed by atoms with E-state index in [4.69, 9.17) is 9.89 Å². The lowest BCUT2D eigenvalue weighted by Crippen LogP contribution is -2.00. The van der Waals surface area contributed by atoms with Gasteiger partial charge in [-0.3, -0.25) is 4.79 Å². The SMILES string of the molecule is C[S@@](=N)(=O)c1ccc(CC(=O)O)cc1. The highest BCUT2D eigenvalue weighted by atomic mass is 32.2. The maximum Gasteiger partial charge on any atom is 0.307 e. The van der Waals surface area contributed by atoms with Crippen molar-refractivity contribution in [1.82, 2.24) is 0 Å². The average molecular weight is 213 g/mol. The van der Waals surface area contributed by atoms with Crippen LogP contribution >= 0.6 is 0 Å². The lowest BCUT2D eigenvalue weighted by atomic mass is 10.2. The zero-order valence-electron chi connectivity index (χ0n) is 7.69. The Kier molecular flexibility index (Phi) is 2.90. The van der Waals surface area contributed by atoms with Crippen LogP contribution in [0.3, 0.4) is 0 Å². The molecule has 0 amide bonds. The van der Waals surface area contributed by atoms with E-state index in [2.05, 4.69) is 0 Å². The van der Waals surface area contributed by atoms with Crippen molar-refractivity contribution < 1.29 is 14.1 Å². The van der Waals surface area contributed by atoms with Crippen LogP contribution in [0.25, 0.3) is 0 Å². The van der Waals surface area contributed by atoms with Crippen LogP contribution < -0.4 is 0 Å². The zero-order valence-corrected chi connectivity index (χ0v) is 8.50. The molecule has 14 heavy (non-hydrogen) atoms. The summed E-state index contributed by atoms with van der Waals surface area (Å²) in [6.07, 6.45) is 1.28. The predicted octanol–water partition coefficient (Wildman–Crippen LogP) is 1.35. The highest BCUT2D eigenvalue weighted by Crippen LogP contribution is 2.11. The smallest absolute Gasteiger partial charge is 0.307 e. The fourth-order valence-electron chi connectivity index (χ4n) is 1.04. The van der Waals surface area contributed by atoms with Gasteiger partial charge in [0.1, 0.15) is 0 Å². The van der Waals surface area contributed by atoms with Crippen LogP contribution in [-0.4, -0.2) is 21.5 Å². The number of benzene rings is 1. The van der Waals surface area contributed by atoms with E-state index in [9.17, 15) is 9.00 Å². The van der Waals surface area contributed by atoms with Gasteiger partial charge in [0.2, 0.25) is 0 Å². The molecule has 0 radical (unpaired) electrons. The van der Waals surface area contributed by atoms with Crippen molar-refractivity contribution in [2.24, 2.45) is 0 Å². The maximum atomic E-state index is 11.3. The van der Waals surface area contributed by atoms with E-state index in [0.717, 1.165) is 0 Å². The Hall–Kier alpha value is -1.36. The lowest BCUT2D eigenvalue weighted by Gasteiger charge is -2.01. The van der Waals surface area contributed by atoms with E-state index in [1.165, 1.54) is 18.4 Å². The summed E-state index contributed by atoms with van der Waals surface area (Å²) in [7, 11) is -2.70. The summed E-state index contributed by atoms with van der Waals surface area (Å²) in [5.74, 6) is -0.902. The van der Waals surface area contributed by atoms with E-state index < -0.39 is 15.7 Å². The number of carboxylic acids is 1. The van der Waals surface area contributed by atoms with Gasteiger partial charge in [0.25, 0.3) is 0 Å². The molecule has 0 unspecified atom stereocenters. The normalized spacial score (nSPS) is 14.6. The first-order valence-corrected chi connectivity index (χ1v) is 5.91. The fraction of sp³-hybridized carbons (Fsp3) is 0.222. The third-order valence-electron chi connectivity index (χ3n) is 1.73. The van der Waals surface area contributed by atoms with Gasteiger partial charge < -0.3 is 5.11 Å². The Morgan fingerprint density at radius 1 is 1.43 bits per heavy atom. The summed E-state index contributed by atoms with van der Waals surface area (Å²) in [5, 5.41) is 8.50. The molecule has 1 aromatic rings. The minimum atomic E-state index is -2.70. The molecular formula is C9H11NO3S. The number of carbonyl (C=O) groups is 1. The summed E-state index contributed by atoms with van der Waals surface area (Å²) < 4.78 is 18.6. The highest BCUT2D eigenvalue weighted by molar-refractivity contribution is 7.91. The first-order valence-electron chi connectivity index (χ1n) is 3.94. The number of carboxylic acid groups (broad SMARTS) is 1. The number of hydrogen-bond donors (Lipinski definition) is 2. The van der Waals surface area contributed by atoms with Gasteiger partial charge in [0.05, 0.1) is 16.1 Å². The molecule has 1 atom stereocenters. The van der Waals surface area contributed by atoms with Gasteiger partial charge in [-0.2, -0.15) is 0 Å². The molecule has 0 bridgehead atoms. The van der Waals surface area contributed by atoms with Crippen LogP contribution in [0.2, 0.25) is 0 Å². The van der Waals surface area contributed by atoms with Crippen molar-refractivity contribution in [3.63, 3.8) is 0 Å². The second kappa shape index (κ2) is 3.79. The van der Waals surface area contributed by atoms with Gasteiger partial charge in [0.15, 0.2) is 0 Å². The maximum absolute atomic E-state index is 11.3. The standard InChI is InChI=1S/C9H11NO3S/c1-14(10,13)8-4-2-7(3-5-8)6-9(11)12/h2-5,10H,6H2,1H3,(H,11,12)/t14-/m1/s1. The molecule has 0 saturated heterocycles. The van der Waals surface area contributed by atoms with Crippen molar-refractivity contribution in [2.45, 2.75) is 11.3 Å². The number of nitrogens with one attached hydrogen (secondary N) is 1. The number of rotatable bonds is 3. The monoisotopic (exact) mass is 213 g/mol. The molecule has 0 heterocycles. The molecule has 76 valence electrons. The molecule has 0 aliphatic carbocycles. The van der Waals surface area contributed by atoms with Gasteiger partial charge in [-0.25, -0.2) is 8.99 Å². The minimum Gasteiger partial charge on any atom is -0.481 e. The van der Waals surface area contributed by atoms with Crippen molar-refractivity contribution >= 4 is 15.7 Å². The molecule has 1 rings (SSSR count). The average Bonchev–Trinajstić information content (AvgIpc) is 2.02. The molecule has 1 aromatic carbocycles. The molecule has 0 saturated carbocycles. The third-order valence-corrected chi connectivity index (χ3v) is 2.90. The number of aliphatic carboxylic acids is 1. The zero-order chi connectivity index (χ0) is 10.8. The van der Waals surface area contributed by atoms with E-state index in [1.807, 2.05) is 0 Å². The van der Waals surface area contributed by atoms with Crippen LogP contribution in [0.15, 0.2) is 29.2 Å². The van der Waals surface area contributed by atoms with Gasteiger partial charge in [-0.05, 0) is 17.7 Å². The van der Waals surface area contributed by atoms with Crippen molar-refractivity contribution in [2.75, 3.05) is 6.26 Å². The summed E-state index contributed by atoms with van der Waals surface area (Å²) in [5.41, 5.74) is 0.643. The highest BCUT2D eigenvalue weighted by Gasteiger charge is 2.04.